The normalized spacial score (nSPS) is 19.0. The second-order valence-corrected chi connectivity index (χ2v) is 7.96. The number of nitrogens with zero attached hydrogens (tertiary/aromatic N) is 4. The summed E-state index contributed by atoms with van der Waals surface area (Å²) in [6.45, 7) is 2.71. The van der Waals surface area contributed by atoms with Crippen LogP contribution in [-0.4, -0.2) is 57.4 Å². The van der Waals surface area contributed by atoms with Crippen molar-refractivity contribution in [3.8, 4) is 0 Å². The first-order valence-corrected chi connectivity index (χ1v) is 10.3. The molecular formula is C21H24F2N4O3. The molecular weight excluding hydrogens is 394 g/mol. The van der Waals surface area contributed by atoms with Crippen molar-refractivity contribution < 1.29 is 22.9 Å². The first-order chi connectivity index (χ1) is 14.4. The summed E-state index contributed by atoms with van der Waals surface area (Å²) >= 11 is 0. The third-order valence-electron chi connectivity index (χ3n) is 5.98. The Morgan fingerprint density at radius 3 is 2.70 bits per heavy atom. The summed E-state index contributed by atoms with van der Waals surface area (Å²) in [5.41, 5.74) is 0.0965. The molecule has 2 amide bonds. The molecule has 0 radical (unpaired) electrons. The highest BCUT2D eigenvalue weighted by molar-refractivity contribution is 5.94. The minimum Gasteiger partial charge on any atom is -0.339 e. The quantitative estimate of drug-likeness (QED) is 0.721. The largest absolute Gasteiger partial charge is 0.339 e. The predicted octanol–water partition coefficient (Wildman–Crippen LogP) is 2.92. The van der Waals surface area contributed by atoms with Gasteiger partial charge in [0.2, 0.25) is 11.8 Å². The van der Waals surface area contributed by atoms with Gasteiger partial charge >= 0.3 is 0 Å². The fraction of sp³-hybridized carbons (Fsp3) is 0.524. The molecule has 30 heavy (non-hydrogen) atoms. The predicted molar refractivity (Wildman–Crippen MR) is 103 cm³/mol. The third-order valence-corrected chi connectivity index (χ3v) is 5.98. The molecule has 0 spiro atoms. The lowest BCUT2D eigenvalue weighted by molar-refractivity contribution is -0.130. The highest BCUT2D eigenvalue weighted by Gasteiger charge is 2.32. The average molecular weight is 418 g/mol. The van der Waals surface area contributed by atoms with Gasteiger partial charge in [-0.3, -0.25) is 9.59 Å². The molecule has 0 bridgehead atoms. The van der Waals surface area contributed by atoms with Crippen LogP contribution in [0.2, 0.25) is 0 Å². The summed E-state index contributed by atoms with van der Waals surface area (Å²) in [5.74, 6) is -0.890. The molecule has 0 N–H and O–H groups in total. The fourth-order valence-electron chi connectivity index (χ4n) is 4.00. The molecule has 1 aliphatic heterocycles. The number of carbonyl (C=O) groups excluding carboxylic acids is 2. The maximum atomic E-state index is 13.5. The van der Waals surface area contributed by atoms with E-state index in [2.05, 4.69) is 10.1 Å². The van der Waals surface area contributed by atoms with Crippen molar-refractivity contribution in [3.63, 3.8) is 0 Å². The van der Waals surface area contributed by atoms with Gasteiger partial charge in [-0.1, -0.05) is 11.6 Å². The molecule has 2 heterocycles. The highest BCUT2D eigenvalue weighted by Crippen LogP contribution is 2.35. The van der Waals surface area contributed by atoms with E-state index in [4.69, 9.17) is 4.52 Å². The lowest BCUT2D eigenvalue weighted by atomic mass is 9.85. The molecule has 2 aliphatic rings. The first kappa shape index (κ1) is 20.4. The molecule has 1 saturated heterocycles. The number of likely N-dealkylation sites (tertiary alicyclic amines) is 1. The van der Waals surface area contributed by atoms with Crippen LogP contribution >= 0.6 is 0 Å². The minimum absolute atomic E-state index is 0.0927. The van der Waals surface area contributed by atoms with Crippen molar-refractivity contribution in [3.05, 3.63) is 47.1 Å². The molecule has 1 atom stereocenters. The molecule has 4 rings (SSSR count). The van der Waals surface area contributed by atoms with Crippen LogP contribution in [0, 0.1) is 11.6 Å². The summed E-state index contributed by atoms with van der Waals surface area (Å²) in [4.78, 5) is 32.6. The van der Waals surface area contributed by atoms with Gasteiger partial charge in [0.05, 0.1) is 6.04 Å². The van der Waals surface area contributed by atoms with Crippen LogP contribution in [0.4, 0.5) is 8.78 Å². The van der Waals surface area contributed by atoms with E-state index in [-0.39, 0.29) is 23.4 Å². The van der Waals surface area contributed by atoms with Gasteiger partial charge in [-0.05, 0) is 37.5 Å². The van der Waals surface area contributed by atoms with Gasteiger partial charge in [0.25, 0.3) is 5.91 Å². The summed E-state index contributed by atoms with van der Waals surface area (Å²) in [5, 5.41) is 4.02. The number of hydrogen-bond acceptors (Lipinski definition) is 5. The van der Waals surface area contributed by atoms with Crippen molar-refractivity contribution in [2.24, 2.45) is 0 Å². The van der Waals surface area contributed by atoms with Crippen LogP contribution in [0.3, 0.4) is 0 Å². The van der Waals surface area contributed by atoms with Crippen LogP contribution in [0.1, 0.15) is 60.6 Å². The first-order valence-electron chi connectivity index (χ1n) is 10.3. The molecule has 160 valence electrons. The second-order valence-electron chi connectivity index (χ2n) is 7.96. The van der Waals surface area contributed by atoms with Crippen LogP contribution in [0.15, 0.2) is 22.7 Å². The summed E-state index contributed by atoms with van der Waals surface area (Å²) in [7, 11) is 0. The summed E-state index contributed by atoms with van der Waals surface area (Å²) in [6.07, 6.45) is 4.43. The van der Waals surface area contributed by atoms with Crippen molar-refractivity contribution in [1.29, 1.82) is 0 Å². The van der Waals surface area contributed by atoms with Gasteiger partial charge in [0.15, 0.2) is 17.5 Å². The van der Waals surface area contributed by atoms with E-state index in [1.54, 1.807) is 9.80 Å². The molecule has 1 unspecified atom stereocenters. The van der Waals surface area contributed by atoms with E-state index in [0.717, 1.165) is 25.0 Å². The van der Waals surface area contributed by atoms with Crippen molar-refractivity contribution in [2.75, 3.05) is 19.6 Å². The number of benzene rings is 1. The van der Waals surface area contributed by atoms with Gasteiger partial charge in [0.1, 0.15) is 0 Å². The van der Waals surface area contributed by atoms with E-state index in [1.807, 2.05) is 0 Å². The maximum Gasteiger partial charge on any atom is 0.254 e. The van der Waals surface area contributed by atoms with Crippen molar-refractivity contribution in [1.82, 2.24) is 19.9 Å². The Labute approximate surface area is 173 Å². The Morgan fingerprint density at radius 2 is 2.03 bits per heavy atom. The van der Waals surface area contributed by atoms with Crippen molar-refractivity contribution in [2.45, 2.75) is 51.0 Å². The number of aromatic nitrogens is 2. The van der Waals surface area contributed by atoms with Crippen LogP contribution in [-0.2, 0) is 11.2 Å². The zero-order valence-corrected chi connectivity index (χ0v) is 16.8. The zero-order valence-electron chi connectivity index (χ0n) is 16.8. The van der Waals surface area contributed by atoms with Gasteiger partial charge in [-0.2, -0.15) is 4.98 Å². The molecule has 1 aromatic carbocycles. The zero-order chi connectivity index (χ0) is 21.3. The van der Waals surface area contributed by atoms with E-state index >= 15 is 0 Å². The molecule has 2 aromatic rings. The third kappa shape index (κ3) is 4.20. The molecule has 1 aromatic heterocycles. The lowest BCUT2D eigenvalue weighted by Gasteiger charge is -2.27. The SMILES string of the molecule is CC(=O)N(CCc1noc(C2CCC2)n1)C1CCN(C(=O)c2ccc(F)c(F)c2)C1. The Kier molecular flexibility index (Phi) is 5.78. The van der Waals surface area contributed by atoms with Crippen LogP contribution in [0.25, 0.3) is 0 Å². The molecule has 1 saturated carbocycles. The van der Waals surface area contributed by atoms with Crippen molar-refractivity contribution >= 4 is 11.8 Å². The molecule has 1 aliphatic carbocycles. The van der Waals surface area contributed by atoms with Gasteiger partial charge in [-0.15, -0.1) is 0 Å². The molecule has 7 nitrogen and oxygen atoms in total. The lowest BCUT2D eigenvalue weighted by Crippen LogP contribution is -2.42. The number of carbonyl (C=O) groups is 2. The Bertz CT molecular complexity index is 944. The van der Waals surface area contributed by atoms with Gasteiger partial charge in [-0.25, -0.2) is 8.78 Å². The molecule has 9 heteroatoms. The number of rotatable bonds is 6. The number of amides is 2. The van der Waals surface area contributed by atoms with Gasteiger partial charge in [0, 0.05) is 44.5 Å². The highest BCUT2D eigenvalue weighted by atomic mass is 19.2. The maximum absolute atomic E-state index is 13.5. The number of halogens is 2. The topological polar surface area (TPSA) is 79.5 Å². The minimum atomic E-state index is -1.05. The monoisotopic (exact) mass is 418 g/mol. The Morgan fingerprint density at radius 1 is 1.23 bits per heavy atom. The fourth-order valence-corrected chi connectivity index (χ4v) is 4.00. The van der Waals surface area contributed by atoms with Crippen LogP contribution in [0.5, 0.6) is 0 Å². The second kappa shape index (κ2) is 8.49. The van der Waals surface area contributed by atoms with E-state index in [9.17, 15) is 18.4 Å². The van der Waals surface area contributed by atoms with Gasteiger partial charge < -0.3 is 14.3 Å². The van der Waals surface area contributed by atoms with Crippen LogP contribution < -0.4 is 0 Å². The summed E-state index contributed by atoms with van der Waals surface area (Å²) < 4.78 is 31.9. The van der Waals surface area contributed by atoms with E-state index < -0.39 is 11.6 Å². The van der Waals surface area contributed by atoms with E-state index in [0.29, 0.717) is 50.1 Å². The van der Waals surface area contributed by atoms with E-state index in [1.165, 1.54) is 19.4 Å². The standard InChI is InChI=1S/C21H24F2N4O3/c1-13(28)27(10-8-19-24-20(30-25-19)14-3-2-4-14)16-7-9-26(12-16)21(29)15-5-6-17(22)18(23)11-15/h5-6,11,14,16H,2-4,7-10,12H2,1H3. The average Bonchev–Trinajstić information content (AvgIpc) is 3.32. The Balaban J connectivity index is 1.36. The smallest absolute Gasteiger partial charge is 0.254 e. The summed E-state index contributed by atoms with van der Waals surface area (Å²) in [6, 6.07) is 2.98. The molecule has 2 fully saturated rings. The Hall–Kier alpha value is -2.84. The number of hydrogen-bond donors (Lipinski definition) is 0.